The number of halogens is 1. The number of ether oxygens (including phenoxy) is 1. The van der Waals surface area contributed by atoms with Crippen molar-refractivity contribution in [2.75, 3.05) is 19.0 Å². The molecule has 0 amide bonds. The monoisotopic (exact) mass is 398 g/mol. The SMILES string of the molecule is COc1ccc(CCNc2ccc([N+](=O)[O-])c(I)c2)cc1. The third-order valence-electron chi connectivity index (χ3n) is 3.05. The summed E-state index contributed by atoms with van der Waals surface area (Å²) in [5.74, 6) is 0.844. The second kappa shape index (κ2) is 7.26. The summed E-state index contributed by atoms with van der Waals surface area (Å²) >= 11 is 1.98. The molecule has 0 aromatic heterocycles. The van der Waals surface area contributed by atoms with Gasteiger partial charge in [0.1, 0.15) is 5.75 Å². The van der Waals surface area contributed by atoms with E-state index in [1.807, 2.05) is 46.9 Å². The first-order valence-corrected chi connectivity index (χ1v) is 7.49. The van der Waals surface area contributed by atoms with E-state index in [1.165, 1.54) is 11.6 Å². The number of nitrogens with zero attached hydrogens (tertiary/aromatic N) is 1. The molecule has 0 saturated heterocycles. The predicted octanol–water partition coefficient (Wildman–Crippen LogP) is 3.86. The van der Waals surface area contributed by atoms with Crippen molar-refractivity contribution < 1.29 is 9.66 Å². The van der Waals surface area contributed by atoms with Crippen molar-refractivity contribution in [3.05, 3.63) is 61.7 Å². The Morgan fingerprint density at radius 3 is 2.52 bits per heavy atom. The van der Waals surface area contributed by atoms with E-state index in [1.54, 1.807) is 19.2 Å². The van der Waals surface area contributed by atoms with E-state index in [9.17, 15) is 10.1 Å². The highest BCUT2D eigenvalue weighted by Gasteiger charge is 2.11. The summed E-state index contributed by atoms with van der Waals surface area (Å²) in [7, 11) is 1.65. The molecule has 0 aliphatic heterocycles. The van der Waals surface area contributed by atoms with Crippen LogP contribution in [0.3, 0.4) is 0 Å². The van der Waals surface area contributed by atoms with Crippen molar-refractivity contribution in [2.45, 2.75) is 6.42 Å². The number of hydrogen-bond acceptors (Lipinski definition) is 4. The van der Waals surface area contributed by atoms with Gasteiger partial charge in [-0.3, -0.25) is 10.1 Å². The van der Waals surface area contributed by atoms with Gasteiger partial charge < -0.3 is 10.1 Å². The lowest BCUT2D eigenvalue weighted by Crippen LogP contribution is -2.05. The first-order valence-electron chi connectivity index (χ1n) is 6.41. The molecule has 0 heterocycles. The number of benzene rings is 2. The summed E-state index contributed by atoms with van der Waals surface area (Å²) in [6, 6.07) is 13.0. The number of anilines is 1. The Kier molecular flexibility index (Phi) is 5.38. The average molecular weight is 398 g/mol. The Hall–Kier alpha value is -1.83. The lowest BCUT2D eigenvalue weighted by atomic mass is 10.1. The van der Waals surface area contributed by atoms with Crippen LogP contribution in [0.5, 0.6) is 5.75 Å². The number of rotatable bonds is 6. The third-order valence-corrected chi connectivity index (χ3v) is 3.91. The summed E-state index contributed by atoms with van der Waals surface area (Å²) < 4.78 is 5.75. The minimum atomic E-state index is -0.372. The Labute approximate surface area is 136 Å². The van der Waals surface area contributed by atoms with Gasteiger partial charge in [0.25, 0.3) is 5.69 Å². The average Bonchev–Trinajstić information content (AvgIpc) is 2.47. The summed E-state index contributed by atoms with van der Waals surface area (Å²) in [6.45, 7) is 0.764. The van der Waals surface area contributed by atoms with Gasteiger partial charge in [0.2, 0.25) is 0 Å². The van der Waals surface area contributed by atoms with Crippen molar-refractivity contribution in [1.29, 1.82) is 0 Å². The van der Waals surface area contributed by atoms with Crippen LogP contribution in [0.15, 0.2) is 42.5 Å². The van der Waals surface area contributed by atoms with Crippen LogP contribution >= 0.6 is 22.6 Å². The van der Waals surface area contributed by atoms with Gasteiger partial charge in [0.15, 0.2) is 0 Å². The second-order valence-electron chi connectivity index (χ2n) is 4.45. The van der Waals surface area contributed by atoms with Crippen LogP contribution in [0.2, 0.25) is 0 Å². The molecular formula is C15H15IN2O3. The molecule has 0 radical (unpaired) electrons. The van der Waals surface area contributed by atoms with Crippen LogP contribution in [0.1, 0.15) is 5.56 Å². The molecule has 0 fully saturated rings. The van der Waals surface area contributed by atoms with Crippen LogP contribution in [-0.2, 0) is 6.42 Å². The molecule has 110 valence electrons. The van der Waals surface area contributed by atoms with E-state index in [2.05, 4.69) is 5.32 Å². The Bertz CT molecular complexity index is 629. The van der Waals surface area contributed by atoms with Gasteiger partial charge in [-0.1, -0.05) is 12.1 Å². The Morgan fingerprint density at radius 2 is 1.95 bits per heavy atom. The molecule has 2 aromatic rings. The molecule has 21 heavy (non-hydrogen) atoms. The van der Waals surface area contributed by atoms with Gasteiger partial charge in [-0.15, -0.1) is 0 Å². The summed E-state index contributed by atoms with van der Waals surface area (Å²) in [5.41, 5.74) is 2.23. The van der Waals surface area contributed by atoms with Crippen LogP contribution < -0.4 is 10.1 Å². The molecule has 2 rings (SSSR count). The van der Waals surface area contributed by atoms with Gasteiger partial charge in [0, 0.05) is 18.3 Å². The number of methoxy groups -OCH3 is 1. The van der Waals surface area contributed by atoms with Crippen molar-refractivity contribution in [3.63, 3.8) is 0 Å². The van der Waals surface area contributed by atoms with Crippen molar-refractivity contribution in [2.24, 2.45) is 0 Å². The van der Waals surface area contributed by atoms with E-state index in [4.69, 9.17) is 4.74 Å². The predicted molar refractivity (Wildman–Crippen MR) is 91.0 cm³/mol. The quantitative estimate of drug-likeness (QED) is 0.456. The molecule has 0 saturated carbocycles. The molecule has 0 spiro atoms. The van der Waals surface area contributed by atoms with Crippen LogP contribution in [0, 0.1) is 13.7 Å². The normalized spacial score (nSPS) is 10.2. The molecule has 0 aliphatic carbocycles. The minimum absolute atomic E-state index is 0.135. The second-order valence-corrected chi connectivity index (χ2v) is 5.61. The molecule has 2 aromatic carbocycles. The zero-order valence-corrected chi connectivity index (χ0v) is 13.7. The molecular weight excluding hydrogens is 383 g/mol. The Balaban J connectivity index is 1.91. The maximum absolute atomic E-state index is 10.8. The number of nitro groups is 1. The fraction of sp³-hybridized carbons (Fsp3) is 0.200. The van der Waals surface area contributed by atoms with Crippen molar-refractivity contribution in [1.82, 2.24) is 0 Å². The third kappa shape index (κ3) is 4.32. The maximum atomic E-state index is 10.8. The smallest absolute Gasteiger partial charge is 0.282 e. The number of nitrogens with one attached hydrogen (secondary N) is 1. The molecule has 0 bridgehead atoms. The summed E-state index contributed by atoms with van der Waals surface area (Å²) in [4.78, 5) is 10.4. The van der Waals surface area contributed by atoms with Crippen LogP contribution in [0.25, 0.3) is 0 Å². The highest BCUT2D eigenvalue weighted by atomic mass is 127. The van der Waals surface area contributed by atoms with Gasteiger partial charge in [-0.05, 0) is 58.8 Å². The standard InChI is InChI=1S/C15H15IN2O3/c1-21-13-5-2-11(3-6-13)8-9-17-12-4-7-15(18(19)20)14(16)10-12/h2-7,10,17H,8-9H2,1H3. The van der Waals surface area contributed by atoms with Gasteiger partial charge in [-0.25, -0.2) is 0 Å². The van der Waals surface area contributed by atoms with Crippen LogP contribution in [-0.4, -0.2) is 18.6 Å². The zero-order chi connectivity index (χ0) is 15.2. The summed E-state index contributed by atoms with van der Waals surface area (Å²) in [6.07, 6.45) is 0.873. The van der Waals surface area contributed by atoms with E-state index in [-0.39, 0.29) is 10.6 Å². The lowest BCUT2D eigenvalue weighted by molar-refractivity contribution is -0.385. The fourth-order valence-electron chi connectivity index (χ4n) is 1.91. The van der Waals surface area contributed by atoms with Crippen LogP contribution in [0.4, 0.5) is 11.4 Å². The molecule has 0 aliphatic rings. The maximum Gasteiger partial charge on any atom is 0.282 e. The molecule has 0 atom stereocenters. The topological polar surface area (TPSA) is 64.4 Å². The highest BCUT2D eigenvalue weighted by molar-refractivity contribution is 14.1. The van der Waals surface area contributed by atoms with Crippen molar-refractivity contribution >= 4 is 34.0 Å². The summed E-state index contributed by atoms with van der Waals surface area (Å²) in [5, 5.41) is 14.0. The molecule has 0 unspecified atom stereocenters. The molecule has 6 heteroatoms. The minimum Gasteiger partial charge on any atom is -0.497 e. The lowest BCUT2D eigenvalue weighted by Gasteiger charge is -2.08. The molecule has 5 nitrogen and oxygen atoms in total. The number of nitro benzene ring substituents is 1. The highest BCUT2D eigenvalue weighted by Crippen LogP contribution is 2.24. The van der Waals surface area contributed by atoms with Gasteiger partial charge >= 0.3 is 0 Å². The first-order chi connectivity index (χ1) is 10.1. The van der Waals surface area contributed by atoms with E-state index in [0.717, 1.165) is 24.4 Å². The van der Waals surface area contributed by atoms with E-state index < -0.39 is 0 Å². The molecule has 1 N–H and O–H groups in total. The zero-order valence-electron chi connectivity index (χ0n) is 11.5. The van der Waals surface area contributed by atoms with E-state index in [0.29, 0.717) is 3.57 Å². The Morgan fingerprint density at radius 1 is 1.24 bits per heavy atom. The largest absolute Gasteiger partial charge is 0.497 e. The van der Waals surface area contributed by atoms with Gasteiger partial charge in [0.05, 0.1) is 15.6 Å². The fourth-order valence-corrected chi connectivity index (χ4v) is 2.62. The van der Waals surface area contributed by atoms with Gasteiger partial charge in [-0.2, -0.15) is 0 Å². The van der Waals surface area contributed by atoms with E-state index >= 15 is 0 Å². The van der Waals surface area contributed by atoms with Crippen molar-refractivity contribution in [3.8, 4) is 5.75 Å². The number of hydrogen-bond donors (Lipinski definition) is 1. The first kappa shape index (κ1) is 15.6.